The van der Waals surface area contributed by atoms with E-state index in [1.807, 2.05) is 26.0 Å². The van der Waals surface area contributed by atoms with E-state index < -0.39 is 0 Å². The Balaban J connectivity index is 2.38. The lowest BCUT2D eigenvalue weighted by molar-refractivity contribution is -0.386. The van der Waals surface area contributed by atoms with Crippen molar-refractivity contribution < 1.29 is 14.1 Å². The van der Waals surface area contributed by atoms with Gasteiger partial charge in [-0.05, 0) is 12.0 Å². The highest BCUT2D eigenvalue weighted by Crippen LogP contribution is 2.07. The molecule has 16 heavy (non-hydrogen) atoms. The molecule has 2 rings (SSSR count). The van der Waals surface area contributed by atoms with Crippen LogP contribution in [-0.4, -0.2) is 6.61 Å². The van der Waals surface area contributed by atoms with Crippen LogP contribution in [0, 0.1) is 5.92 Å². The molecule has 1 heterocycles. The number of para-hydroxylation sites is 1. The van der Waals surface area contributed by atoms with Crippen molar-refractivity contribution in [3.05, 3.63) is 34.7 Å². The van der Waals surface area contributed by atoms with E-state index >= 15 is 0 Å². The zero-order chi connectivity index (χ0) is 11.5. The minimum absolute atomic E-state index is 0.164. The van der Waals surface area contributed by atoms with Crippen LogP contribution in [0.25, 0.3) is 10.9 Å². The van der Waals surface area contributed by atoms with Gasteiger partial charge in [-0.25, -0.2) is 4.79 Å². The van der Waals surface area contributed by atoms with Gasteiger partial charge in [0.1, 0.15) is 12.0 Å². The largest absolute Gasteiger partial charge is 0.561 e. The van der Waals surface area contributed by atoms with Crippen LogP contribution in [0.2, 0.25) is 0 Å². The van der Waals surface area contributed by atoms with Gasteiger partial charge in [0.05, 0.1) is 0 Å². The normalized spacial score (nSPS) is 10.9. The molecular weight excluding hydrogens is 206 g/mol. The molecule has 0 aliphatic rings. The van der Waals surface area contributed by atoms with E-state index in [0.717, 1.165) is 5.52 Å². The van der Waals surface area contributed by atoms with E-state index in [1.165, 1.54) is 0 Å². The van der Waals surface area contributed by atoms with Crippen LogP contribution in [0.3, 0.4) is 0 Å². The molecule has 0 radical (unpaired) electrons. The van der Waals surface area contributed by atoms with Gasteiger partial charge in [0.25, 0.3) is 0 Å². The van der Waals surface area contributed by atoms with Crippen molar-refractivity contribution >= 4 is 10.9 Å². The number of hydrogen-bond acceptors (Lipinski definition) is 3. The first-order valence-electron chi connectivity index (χ1n) is 5.25. The summed E-state index contributed by atoms with van der Waals surface area (Å²) in [6, 6.07) is 7.17. The summed E-state index contributed by atoms with van der Waals surface area (Å²) in [5.74, 6) is 0.380. The fourth-order valence-electron chi connectivity index (χ4n) is 1.35. The Morgan fingerprint density at radius 2 is 2.12 bits per heavy atom. The molecule has 0 aliphatic carbocycles. The van der Waals surface area contributed by atoms with Crippen molar-refractivity contribution in [2.75, 3.05) is 6.61 Å². The molecule has 0 unspecified atom stereocenters. The summed E-state index contributed by atoms with van der Waals surface area (Å²) >= 11 is 0. The highest BCUT2D eigenvalue weighted by atomic mass is 16.6. The van der Waals surface area contributed by atoms with Crippen molar-refractivity contribution in [2.45, 2.75) is 13.8 Å². The molecule has 0 amide bonds. The number of hydrogen-bond donors (Lipinski definition) is 0. The number of benzene rings is 1. The first-order chi connectivity index (χ1) is 7.66. The predicted octanol–water partition coefficient (Wildman–Crippen LogP) is 1.64. The molecule has 0 bridgehead atoms. The highest BCUT2D eigenvalue weighted by molar-refractivity contribution is 5.73. The molecule has 4 heteroatoms. The average molecular weight is 220 g/mol. The van der Waals surface area contributed by atoms with E-state index in [-0.39, 0.29) is 11.7 Å². The van der Waals surface area contributed by atoms with Crippen LogP contribution in [-0.2, 0) is 0 Å². The number of aromatic amines is 1. The van der Waals surface area contributed by atoms with Crippen LogP contribution in [0.4, 0.5) is 0 Å². The zero-order valence-corrected chi connectivity index (χ0v) is 9.32. The standard InChI is InChI=1S/C12H13NO3/c1-8(2)7-15-12-13-10-6-4-3-5-9(10)11(14)16-12/h3-6,8H,7H2,1-2H3/p+1. The lowest BCUT2D eigenvalue weighted by Gasteiger charge is -2.01. The predicted molar refractivity (Wildman–Crippen MR) is 59.4 cm³/mol. The van der Waals surface area contributed by atoms with Crippen molar-refractivity contribution in [3.63, 3.8) is 0 Å². The number of rotatable bonds is 3. The van der Waals surface area contributed by atoms with Crippen molar-refractivity contribution in [1.82, 2.24) is 0 Å². The summed E-state index contributed by atoms with van der Waals surface area (Å²) < 4.78 is 10.3. The monoisotopic (exact) mass is 220 g/mol. The van der Waals surface area contributed by atoms with Gasteiger partial charge in [-0.1, -0.05) is 26.0 Å². The molecule has 0 spiro atoms. The number of ether oxygens (including phenoxy) is 1. The van der Waals surface area contributed by atoms with E-state index in [0.29, 0.717) is 17.9 Å². The second-order valence-corrected chi connectivity index (χ2v) is 4.05. The van der Waals surface area contributed by atoms with Crippen molar-refractivity contribution in [3.8, 4) is 6.08 Å². The third-order valence-electron chi connectivity index (χ3n) is 2.12. The molecule has 0 saturated heterocycles. The van der Waals surface area contributed by atoms with Crippen LogP contribution >= 0.6 is 0 Å². The van der Waals surface area contributed by atoms with Gasteiger partial charge in [0, 0.05) is 6.07 Å². The molecule has 84 valence electrons. The van der Waals surface area contributed by atoms with E-state index in [9.17, 15) is 4.79 Å². The number of aromatic nitrogens is 1. The maximum Gasteiger partial charge on any atom is 0.561 e. The molecule has 1 N–H and O–H groups in total. The van der Waals surface area contributed by atoms with Crippen LogP contribution in [0.15, 0.2) is 33.5 Å². The molecule has 0 aliphatic heterocycles. The summed E-state index contributed by atoms with van der Waals surface area (Å²) in [6.07, 6.45) is 0.164. The van der Waals surface area contributed by atoms with Crippen molar-refractivity contribution in [1.29, 1.82) is 0 Å². The molecule has 4 nitrogen and oxygen atoms in total. The second-order valence-electron chi connectivity index (χ2n) is 4.05. The average Bonchev–Trinajstić information content (AvgIpc) is 2.26. The van der Waals surface area contributed by atoms with Gasteiger partial charge < -0.3 is 9.15 Å². The van der Waals surface area contributed by atoms with Crippen molar-refractivity contribution in [2.24, 2.45) is 5.92 Å². The Bertz CT molecular complexity index is 545. The van der Waals surface area contributed by atoms with Gasteiger partial charge >= 0.3 is 11.7 Å². The zero-order valence-electron chi connectivity index (χ0n) is 9.32. The topological polar surface area (TPSA) is 53.6 Å². The maximum atomic E-state index is 11.6. The van der Waals surface area contributed by atoms with E-state index in [1.54, 1.807) is 12.1 Å². The van der Waals surface area contributed by atoms with Gasteiger partial charge in [-0.2, -0.15) is 0 Å². The summed E-state index contributed by atoms with van der Waals surface area (Å²) in [5, 5.41) is 0.527. The fourth-order valence-corrected chi connectivity index (χ4v) is 1.35. The summed E-state index contributed by atoms with van der Waals surface area (Å²) in [5.41, 5.74) is 0.339. The third-order valence-corrected chi connectivity index (χ3v) is 2.12. The number of H-pyrrole nitrogens is 1. The van der Waals surface area contributed by atoms with Crippen LogP contribution in [0.5, 0.6) is 6.08 Å². The third kappa shape index (κ3) is 2.21. The van der Waals surface area contributed by atoms with E-state index in [2.05, 4.69) is 4.98 Å². The molecule has 0 fully saturated rings. The fraction of sp³-hybridized carbons (Fsp3) is 0.333. The SMILES string of the molecule is CC(C)COc1[nH+]c2ccccc2c(=O)o1. The van der Waals surface area contributed by atoms with Gasteiger partial charge in [-0.15, -0.1) is 4.98 Å². The molecule has 1 aromatic carbocycles. The first-order valence-corrected chi connectivity index (χ1v) is 5.25. The van der Waals surface area contributed by atoms with Crippen LogP contribution in [0.1, 0.15) is 13.8 Å². The Morgan fingerprint density at radius 3 is 2.88 bits per heavy atom. The minimum Gasteiger partial charge on any atom is -0.414 e. The Kier molecular flexibility index (Phi) is 2.90. The summed E-state index contributed by atoms with van der Waals surface area (Å²) in [7, 11) is 0. The Labute approximate surface area is 92.9 Å². The lowest BCUT2D eigenvalue weighted by atomic mass is 10.2. The smallest absolute Gasteiger partial charge is 0.414 e. The minimum atomic E-state index is -0.381. The molecule has 0 atom stereocenters. The molecule has 0 saturated carbocycles. The number of fused-ring (bicyclic) bond motifs is 1. The Hall–Kier alpha value is -1.84. The maximum absolute atomic E-state index is 11.6. The van der Waals surface area contributed by atoms with Gasteiger partial charge in [0.15, 0.2) is 0 Å². The first kappa shape index (κ1) is 10.7. The van der Waals surface area contributed by atoms with Gasteiger partial charge in [-0.3, -0.25) is 0 Å². The quantitative estimate of drug-likeness (QED) is 0.790. The summed E-state index contributed by atoms with van der Waals surface area (Å²) in [6.45, 7) is 4.57. The molecule has 2 aromatic rings. The van der Waals surface area contributed by atoms with E-state index in [4.69, 9.17) is 9.15 Å². The molecule has 1 aromatic heterocycles. The number of nitrogens with one attached hydrogen (secondary N) is 1. The second kappa shape index (κ2) is 4.35. The highest BCUT2D eigenvalue weighted by Gasteiger charge is 2.13. The molecular formula is C12H14NO3+. The van der Waals surface area contributed by atoms with Gasteiger partial charge in [0.2, 0.25) is 5.52 Å². The van der Waals surface area contributed by atoms with Crippen LogP contribution < -0.4 is 15.3 Å². The Morgan fingerprint density at radius 1 is 1.38 bits per heavy atom. The lowest BCUT2D eigenvalue weighted by Crippen LogP contribution is -2.18. The summed E-state index contributed by atoms with van der Waals surface area (Å²) in [4.78, 5) is 14.5.